The molecule has 28 heavy (non-hydrogen) atoms. The summed E-state index contributed by atoms with van der Waals surface area (Å²) in [6.45, 7) is 14.5. The Morgan fingerprint density at radius 1 is 0.714 bits per heavy atom. The Hall–Kier alpha value is -1.06. The second-order valence-corrected chi connectivity index (χ2v) is 10.4. The largest absolute Gasteiger partial charge is 0.354 e. The molecule has 0 aromatic carbocycles. The van der Waals surface area contributed by atoms with Gasteiger partial charge in [-0.25, -0.2) is 0 Å². The highest BCUT2D eigenvalue weighted by Crippen LogP contribution is 2.39. The van der Waals surface area contributed by atoms with Crippen LogP contribution in [-0.4, -0.2) is 24.9 Å². The first-order valence-electron chi connectivity index (χ1n) is 11.8. The molecule has 0 saturated heterocycles. The van der Waals surface area contributed by atoms with Crippen LogP contribution in [0.2, 0.25) is 0 Å². The Morgan fingerprint density at radius 2 is 1.07 bits per heavy atom. The molecule has 0 heterocycles. The van der Waals surface area contributed by atoms with Crippen LogP contribution < -0.4 is 10.6 Å². The zero-order chi connectivity index (χ0) is 20.8. The molecule has 2 saturated carbocycles. The molecule has 6 atom stereocenters. The Balaban J connectivity index is 1.79. The van der Waals surface area contributed by atoms with Crippen LogP contribution in [0.5, 0.6) is 0 Å². The molecule has 2 fully saturated rings. The van der Waals surface area contributed by atoms with Gasteiger partial charge in [-0.3, -0.25) is 9.59 Å². The van der Waals surface area contributed by atoms with Crippen LogP contribution in [0, 0.1) is 47.3 Å². The SMILES string of the molecule is CC(C)[C@@H]1CC[C@@H](C)CC1C(=O)NCCNC(=O)[C@@H]1C[C@H](C)CC[C@H]1C(C)C. The molecule has 2 amide bonds. The van der Waals surface area contributed by atoms with Crippen LogP contribution in [-0.2, 0) is 9.59 Å². The molecular weight excluding hydrogens is 348 g/mol. The Bertz CT molecular complexity index is 471. The number of nitrogens with one attached hydrogen (secondary N) is 2. The van der Waals surface area contributed by atoms with Crippen LogP contribution in [0.3, 0.4) is 0 Å². The first kappa shape index (κ1) is 23.2. The highest BCUT2D eigenvalue weighted by molar-refractivity contribution is 5.80. The third-order valence-electron chi connectivity index (χ3n) is 7.44. The third-order valence-corrected chi connectivity index (χ3v) is 7.44. The van der Waals surface area contributed by atoms with Crippen molar-refractivity contribution in [1.29, 1.82) is 0 Å². The number of carbonyl (C=O) groups is 2. The van der Waals surface area contributed by atoms with Crippen molar-refractivity contribution in [3.8, 4) is 0 Å². The maximum absolute atomic E-state index is 12.8. The molecule has 4 nitrogen and oxygen atoms in total. The minimum absolute atomic E-state index is 0.129. The van der Waals surface area contributed by atoms with Gasteiger partial charge >= 0.3 is 0 Å². The minimum atomic E-state index is 0.129. The van der Waals surface area contributed by atoms with E-state index in [1.807, 2.05) is 0 Å². The van der Waals surface area contributed by atoms with Crippen molar-refractivity contribution in [3.63, 3.8) is 0 Å². The topological polar surface area (TPSA) is 58.2 Å². The van der Waals surface area contributed by atoms with Crippen molar-refractivity contribution >= 4 is 11.8 Å². The Morgan fingerprint density at radius 3 is 1.39 bits per heavy atom. The molecule has 0 aliphatic heterocycles. The fraction of sp³-hybridized carbons (Fsp3) is 0.917. The molecule has 0 aromatic heterocycles. The van der Waals surface area contributed by atoms with E-state index in [1.54, 1.807) is 0 Å². The van der Waals surface area contributed by atoms with Gasteiger partial charge in [0, 0.05) is 24.9 Å². The first-order chi connectivity index (χ1) is 13.2. The van der Waals surface area contributed by atoms with E-state index in [1.165, 1.54) is 12.8 Å². The standard InChI is InChI=1S/C24H44N2O2/c1-15(2)19-9-7-17(5)13-21(19)23(27)25-11-12-26-24(28)22-14-18(6)8-10-20(22)16(3)4/h15-22H,7-14H2,1-6H3,(H,25,27)(H,26,28)/t17-,18-,19+,20+,21-,22?/m1/s1. The smallest absolute Gasteiger partial charge is 0.223 e. The monoisotopic (exact) mass is 392 g/mol. The maximum Gasteiger partial charge on any atom is 0.223 e. The fourth-order valence-electron chi connectivity index (χ4n) is 5.64. The fourth-order valence-corrected chi connectivity index (χ4v) is 5.64. The summed E-state index contributed by atoms with van der Waals surface area (Å²) in [5.41, 5.74) is 0. The van der Waals surface area contributed by atoms with Crippen molar-refractivity contribution in [1.82, 2.24) is 10.6 Å². The quantitative estimate of drug-likeness (QED) is 0.620. The number of hydrogen-bond donors (Lipinski definition) is 2. The summed E-state index contributed by atoms with van der Waals surface area (Å²) in [6, 6.07) is 0. The summed E-state index contributed by atoms with van der Waals surface area (Å²) in [6.07, 6.45) is 6.78. The second-order valence-electron chi connectivity index (χ2n) is 10.4. The third kappa shape index (κ3) is 6.22. The summed E-state index contributed by atoms with van der Waals surface area (Å²) in [5, 5.41) is 6.21. The molecule has 4 heteroatoms. The van der Waals surface area contributed by atoms with Gasteiger partial charge in [0.1, 0.15) is 0 Å². The van der Waals surface area contributed by atoms with E-state index in [2.05, 4.69) is 52.2 Å². The van der Waals surface area contributed by atoms with Gasteiger partial charge in [-0.2, -0.15) is 0 Å². The van der Waals surface area contributed by atoms with E-state index in [9.17, 15) is 9.59 Å². The molecule has 0 aromatic rings. The molecule has 162 valence electrons. The van der Waals surface area contributed by atoms with Gasteiger partial charge in [-0.05, 0) is 61.2 Å². The summed E-state index contributed by atoms with van der Waals surface area (Å²) < 4.78 is 0. The first-order valence-corrected chi connectivity index (χ1v) is 11.8. The van der Waals surface area contributed by atoms with Gasteiger partial charge in [-0.1, -0.05) is 54.4 Å². The van der Waals surface area contributed by atoms with Crippen LogP contribution in [0.15, 0.2) is 0 Å². The molecule has 2 rings (SSSR count). The van der Waals surface area contributed by atoms with Crippen molar-refractivity contribution < 1.29 is 9.59 Å². The van der Waals surface area contributed by atoms with Crippen molar-refractivity contribution in [2.45, 2.75) is 80.1 Å². The summed E-state index contributed by atoms with van der Waals surface area (Å²) in [4.78, 5) is 25.5. The number of rotatable bonds is 7. The van der Waals surface area contributed by atoms with E-state index in [4.69, 9.17) is 0 Å². The van der Waals surface area contributed by atoms with Crippen molar-refractivity contribution in [3.05, 3.63) is 0 Å². The normalized spacial score (nSPS) is 33.7. The van der Waals surface area contributed by atoms with Gasteiger partial charge in [0.15, 0.2) is 0 Å². The highest BCUT2D eigenvalue weighted by Gasteiger charge is 2.36. The van der Waals surface area contributed by atoms with E-state index < -0.39 is 0 Å². The Labute approximate surface area is 173 Å². The lowest BCUT2D eigenvalue weighted by Gasteiger charge is -2.37. The zero-order valence-electron chi connectivity index (χ0n) is 19.1. The van der Waals surface area contributed by atoms with Crippen LogP contribution in [0.4, 0.5) is 0 Å². The van der Waals surface area contributed by atoms with Crippen LogP contribution in [0.1, 0.15) is 80.1 Å². The van der Waals surface area contributed by atoms with Crippen molar-refractivity contribution in [2.75, 3.05) is 13.1 Å². The predicted molar refractivity (Wildman–Crippen MR) is 116 cm³/mol. The van der Waals surface area contributed by atoms with E-state index in [0.717, 1.165) is 25.7 Å². The van der Waals surface area contributed by atoms with Crippen molar-refractivity contribution in [2.24, 2.45) is 47.3 Å². The summed E-state index contributed by atoms with van der Waals surface area (Å²) in [7, 11) is 0. The lowest BCUT2D eigenvalue weighted by Crippen LogP contribution is -2.45. The maximum atomic E-state index is 12.8. The molecule has 0 bridgehead atoms. The average molecular weight is 393 g/mol. The van der Waals surface area contributed by atoms with Gasteiger partial charge in [0.2, 0.25) is 11.8 Å². The number of amides is 2. The molecular formula is C24H44N2O2. The molecule has 1 unspecified atom stereocenters. The number of carbonyl (C=O) groups excluding carboxylic acids is 2. The summed E-state index contributed by atoms with van der Waals surface area (Å²) in [5.74, 6) is 3.96. The van der Waals surface area contributed by atoms with Gasteiger partial charge in [-0.15, -0.1) is 0 Å². The molecule has 2 aliphatic rings. The molecule has 0 radical (unpaired) electrons. The highest BCUT2D eigenvalue weighted by atomic mass is 16.2. The second kappa shape index (κ2) is 10.6. The average Bonchev–Trinajstić information content (AvgIpc) is 2.64. The van der Waals surface area contributed by atoms with Gasteiger partial charge < -0.3 is 10.6 Å². The van der Waals surface area contributed by atoms with Gasteiger partial charge in [0.25, 0.3) is 0 Å². The van der Waals surface area contributed by atoms with E-state index in [-0.39, 0.29) is 23.7 Å². The lowest BCUT2D eigenvalue weighted by molar-refractivity contribution is -0.131. The molecule has 0 spiro atoms. The molecule has 2 aliphatic carbocycles. The predicted octanol–water partition coefficient (Wildman–Crippen LogP) is 4.64. The van der Waals surface area contributed by atoms with Crippen LogP contribution >= 0.6 is 0 Å². The zero-order valence-corrected chi connectivity index (χ0v) is 19.1. The summed E-state index contributed by atoms with van der Waals surface area (Å²) >= 11 is 0. The number of hydrogen-bond acceptors (Lipinski definition) is 2. The minimum Gasteiger partial charge on any atom is -0.354 e. The van der Waals surface area contributed by atoms with Gasteiger partial charge in [0.05, 0.1) is 0 Å². The Kier molecular flexibility index (Phi) is 8.82. The lowest BCUT2D eigenvalue weighted by atomic mass is 9.69. The van der Waals surface area contributed by atoms with E-state index >= 15 is 0 Å². The van der Waals surface area contributed by atoms with Crippen LogP contribution in [0.25, 0.3) is 0 Å². The van der Waals surface area contributed by atoms with E-state index in [0.29, 0.717) is 48.6 Å². The molecule has 2 N–H and O–H groups in total.